The summed E-state index contributed by atoms with van der Waals surface area (Å²) in [5.41, 5.74) is 3.03. The van der Waals surface area contributed by atoms with Crippen molar-refractivity contribution in [3.63, 3.8) is 0 Å². The van der Waals surface area contributed by atoms with Crippen LogP contribution in [-0.2, 0) is 16.1 Å². The molecule has 3 amide bonds. The largest absolute Gasteiger partial charge is 0.322 e. The molecule has 3 fully saturated rings. The minimum Gasteiger partial charge on any atom is -0.322 e. The van der Waals surface area contributed by atoms with Crippen molar-refractivity contribution in [1.29, 1.82) is 0 Å². The van der Waals surface area contributed by atoms with Crippen molar-refractivity contribution < 1.29 is 14.4 Å². The average molecular weight is 454 g/mol. The van der Waals surface area contributed by atoms with Crippen LogP contribution >= 0.6 is 0 Å². The lowest BCUT2D eigenvalue weighted by atomic mass is 9.88. The monoisotopic (exact) mass is 453 g/mol. The molecule has 5 rings (SSSR count). The molecule has 1 aromatic carbocycles. The highest BCUT2D eigenvalue weighted by Gasteiger charge is 2.39. The minimum absolute atomic E-state index is 0.0923. The molecule has 178 valence electrons. The average Bonchev–Trinajstić information content (AvgIpc) is 3.16. The van der Waals surface area contributed by atoms with Gasteiger partial charge in [0.2, 0.25) is 11.8 Å². The summed E-state index contributed by atoms with van der Waals surface area (Å²) in [5.74, 6) is -0.167. The lowest BCUT2D eigenvalue weighted by molar-refractivity contribution is -0.136. The molecular formula is C25H35N5O3. The number of piperidine rings is 2. The first kappa shape index (κ1) is 22.5. The topological polar surface area (TPSA) is 85.0 Å². The van der Waals surface area contributed by atoms with E-state index in [1.54, 1.807) is 4.90 Å². The summed E-state index contributed by atoms with van der Waals surface area (Å²) < 4.78 is 0. The number of carbonyl (C=O) groups is 3. The first-order valence-corrected chi connectivity index (χ1v) is 12.5. The minimum atomic E-state index is -0.546. The molecule has 1 unspecified atom stereocenters. The van der Waals surface area contributed by atoms with E-state index in [4.69, 9.17) is 0 Å². The Hall–Kier alpha value is -2.29. The summed E-state index contributed by atoms with van der Waals surface area (Å²) in [6.45, 7) is 9.66. The second-order valence-electron chi connectivity index (χ2n) is 9.88. The van der Waals surface area contributed by atoms with E-state index in [0.29, 0.717) is 24.4 Å². The predicted octanol–water partition coefficient (Wildman–Crippen LogP) is 0.922. The number of benzene rings is 1. The van der Waals surface area contributed by atoms with Crippen molar-refractivity contribution in [2.45, 2.75) is 50.6 Å². The Labute approximate surface area is 195 Å². The Morgan fingerprint density at radius 1 is 0.909 bits per heavy atom. The molecule has 0 spiro atoms. The van der Waals surface area contributed by atoms with E-state index in [1.807, 2.05) is 6.07 Å². The quantitative estimate of drug-likeness (QED) is 0.624. The maximum absolute atomic E-state index is 12.9. The number of likely N-dealkylation sites (tertiary alicyclic amines) is 1. The van der Waals surface area contributed by atoms with Crippen molar-refractivity contribution in [3.05, 3.63) is 34.9 Å². The Kier molecular flexibility index (Phi) is 6.76. The summed E-state index contributed by atoms with van der Waals surface area (Å²) >= 11 is 0. The number of imide groups is 1. The zero-order valence-electron chi connectivity index (χ0n) is 19.4. The number of amides is 3. The zero-order valence-corrected chi connectivity index (χ0v) is 19.4. The molecule has 0 saturated carbocycles. The third kappa shape index (κ3) is 4.98. The van der Waals surface area contributed by atoms with Gasteiger partial charge in [-0.05, 0) is 75.0 Å². The number of nitrogens with one attached hydrogen (secondary N) is 2. The van der Waals surface area contributed by atoms with E-state index in [2.05, 4.69) is 32.6 Å². The molecule has 0 radical (unpaired) electrons. The SMILES string of the molecule is O=C1CCC(N2Cc3cc(C4CCN(CCCN5CCNCC5)CC4)ccc3C2=O)C(=O)N1. The fourth-order valence-electron chi connectivity index (χ4n) is 5.79. The van der Waals surface area contributed by atoms with Crippen molar-refractivity contribution in [2.24, 2.45) is 0 Å². The fourth-order valence-corrected chi connectivity index (χ4v) is 5.79. The van der Waals surface area contributed by atoms with Crippen molar-refractivity contribution >= 4 is 17.7 Å². The highest BCUT2D eigenvalue weighted by molar-refractivity contribution is 6.05. The van der Waals surface area contributed by atoms with Gasteiger partial charge in [0, 0.05) is 44.7 Å². The summed E-state index contributed by atoms with van der Waals surface area (Å²) in [6, 6.07) is 5.69. The smallest absolute Gasteiger partial charge is 0.255 e. The van der Waals surface area contributed by atoms with E-state index >= 15 is 0 Å². The molecule has 4 aliphatic heterocycles. The van der Waals surface area contributed by atoms with Crippen molar-refractivity contribution in [1.82, 2.24) is 25.3 Å². The Bertz CT molecular complexity index is 905. The van der Waals surface area contributed by atoms with Crippen molar-refractivity contribution in [2.75, 3.05) is 52.4 Å². The Balaban J connectivity index is 1.13. The van der Waals surface area contributed by atoms with Gasteiger partial charge in [0.1, 0.15) is 6.04 Å². The fraction of sp³-hybridized carbons (Fsp3) is 0.640. The molecule has 2 N–H and O–H groups in total. The van der Waals surface area contributed by atoms with Gasteiger partial charge in [-0.2, -0.15) is 0 Å². The molecule has 0 aromatic heterocycles. The van der Waals surface area contributed by atoms with E-state index in [0.717, 1.165) is 44.6 Å². The standard InChI is InChI=1S/C25H35N5O3/c31-23-5-4-22(24(32)27-23)30-17-20-16-19(2-3-21(20)25(30)33)18-6-12-28(13-7-18)10-1-11-29-14-8-26-9-15-29/h2-3,16,18,22,26H,1,4-15,17H2,(H,27,31,32). The molecule has 0 bridgehead atoms. The second-order valence-corrected chi connectivity index (χ2v) is 9.88. The van der Waals surface area contributed by atoms with Crippen LogP contribution < -0.4 is 10.6 Å². The summed E-state index contributed by atoms with van der Waals surface area (Å²) in [7, 11) is 0. The maximum Gasteiger partial charge on any atom is 0.255 e. The number of nitrogens with zero attached hydrogens (tertiary/aromatic N) is 3. The van der Waals surface area contributed by atoms with E-state index in [9.17, 15) is 14.4 Å². The first-order chi connectivity index (χ1) is 16.1. The maximum atomic E-state index is 12.9. The molecule has 8 nitrogen and oxygen atoms in total. The first-order valence-electron chi connectivity index (χ1n) is 12.5. The van der Waals surface area contributed by atoms with Gasteiger partial charge in [0.25, 0.3) is 5.91 Å². The van der Waals surface area contributed by atoms with Crippen LogP contribution in [0.1, 0.15) is 59.5 Å². The molecule has 8 heteroatoms. The summed E-state index contributed by atoms with van der Waals surface area (Å²) in [5, 5.41) is 5.78. The number of rotatable bonds is 6. The molecule has 1 aromatic rings. The molecule has 33 heavy (non-hydrogen) atoms. The van der Waals surface area contributed by atoms with E-state index in [-0.39, 0.29) is 24.1 Å². The third-order valence-corrected chi connectivity index (χ3v) is 7.76. The number of hydrogen-bond donors (Lipinski definition) is 2. The van der Waals surface area contributed by atoms with Gasteiger partial charge in [-0.25, -0.2) is 0 Å². The highest BCUT2D eigenvalue weighted by Crippen LogP contribution is 2.33. The third-order valence-electron chi connectivity index (χ3n) is 7.76. The van der Waals surface area contributed by atoms with Gasteiger partial charge in [-0.3, -0.25) is 19.7 Å². The van der Waals surface area contributed by atoms with Crippen LogP contribution in [0.3, 0.4) is 0 Å². The van der Waals surface area contributed by atoms with Crippen LogP contribution in [0.25, 0.3) is 0 Å². The van der Waals surface area contributed by atoms with Gasteiger partial charge < -0.3 is 20.0 Å². The van der Waals surface area contributed by atoms with Gasteiger partial charge in [-0.15, -0.1) is 0 Å². The summed E-state index contributed by atoms with van der Waals surface area (Å²) in [6.07, 6.45) is 4.23. The lowest BCUT2D eigenvalue weighted by Crippen LogP contribution is -2.52. The van der Waals surface area contributed by atoms with Crippen LogP contribution in [0.2, 0.25) is 0 Å². The van der Waals surface area contributed by atoms with E-state index < -0.39 is 6.04 Å². The van der Waals surface area contributed by atoms with Crippen LogP contribution in [0, 0.1) is 0 Å². The Morgan fingerprint density at radius 2 is 1.64 bits per heavy atom. The molecule has 3 saturated heterocycles. The molecule has 1 atom stereocenters. The number of fused-ring (bicyclic) bond motifs is 1. The second kappa shape index (κ2) is 9.91. The van der Waals surface area contributed by atoms with Crippen LogP contribution in [0.15, 0.2) is 18.2 Å². The summed E-state index contributed by atoms with van der Waals surface area (Å²) in [4.78, 5) is 43.4. The molecule has 4 heterocycles. The highest BCUT2D eigenvalue weighted by atomic mass is 16.2. The van der Waals surface area contributed by atoms with Crippen LogP contribution in [-0.4, -0.2) is 90.8 Å². The zero-order chi connectivity index (χ0) is 22.8. The van der Waals surface area contributed by atoms with Crippen LogP contribution in [0.4, 0.5) is 0 Å². The van der Waals surface area contributed by atoms with Gasteiger partial charge in [0.05, 0.1) is 0 Å². The van der Waals surface area contributed by atoms with Crippen molar-refractivity contribution in [3.8, 4) is 0 Å². The molecule has 0 aliphatic carbocycles. The van der Waals surface area contributed by atoms with Crippen LogP contribution in [0.5, 0.6) is 0 Å². The molecule has 4 aliphatic rings. The van der Waals surface area contributed by atoms with Gasteiger partial charge in [-0.1, -0.05) is 12.1 Å². The number of piperazine rings is 1. The Morgan fingerprint density at radius 3 is 2.36 bits per heavy atom. The normalized spacial score (nSPS) is 25.4. The lowest BCUT2D eigenvalue weighted by Gasteiger charge is -2.33. The number of carbonyl (C=O) groups excluding carboxylic acids is 3. The number of hydrogen-bond acceptors (Lipinski definition) is 6. The van der Waals surface area contributed by atoms with E-state index in [1.165, 1.54) is 38.2 Å². The van der Waals surface area contributed by atoms with Gasteiger partial charge >= 0.3 is 0 Å². The van der Waals surface area contributed by atoms with Gasteiger partial charge in [0.15, 0.2) is 0 Å². The predicted molar refractivity (Wildman–Crippen MR) is 125 cm³/mol. The molecular weight excluding hydrogens is 418 g/mol.